The van der Waals surface area contributed by atoms with E-state index >= 15 is 0 Å². The van der Waals surface area contributed by atoms with E-state index in [1.54, 1.807) is 34.1 Å². The van der Waals surface area contributed by atoms with Crippen LogP contribution in [0.2, 0.25) is 0 Å². The summed E-state index contributed by atoms with van der Waals surface area (Å²) >= 11 is 0. The molecule has 0 fully saturated rings. The fourth-order valence-electron chi connectivity index (χ4n) is 6.22. The third kappa shape index (κ3) is 11.7. The summed E-state index contributed by atoms with van der Waals surface area (Å²) in [5.74, 6) is -3.50. The molecule has 2 N–H and O–H groups in total. The molecule has 0 aliphatic heterocycles. The minimum absolute atomic E-state index is 0.127. The summed E-state index contributed by atoms with van der Waals surface area (Å²) in [6, 6.07) is 4.89. The van der Waals surface area contributed by atoms with E-state index in [-0.39, 0.29) is 35.5 Å². The van der Waals surface area contributed by atoms with Crippen LogP contribution in [0.5, 0.6) is 0 Å². The van der Waals surface area contributed by atoms with Crippen molar-refractivity contribution in [3.05, 3.63) is 42.0 Å². The Morgan fingerprint density at radius 3 is 1.59 bits per heavy atom. The molecule has 0 unspecified atom stereocenters. The lowest BCUT2D eigenvalue weighted by Gasteiger charge is -2.40. The molecule has 1 rings (SSSR count). The molecule has 0 aliphatic rings. The van der Waals surface area contributed by atoms with Crippen molar-refractivity contribution in [1.29, 1.82) is 0 Å². The van der Waals surface area contributed by atoms with E-state index in [4.69, 9.17) is 0 Å². The van der Waals surface area contributed by atoms with Crippen LogP contribution in [-0.4, -0.2) is 120 Å². The second-order valence-electron chi connectivity index (χ2n) is 14.4. The maximum atomic E-state index is 14.3. The van der Waals surface area contributed by atoms with Crippen molar-refractivity contribution in [3.63, 3.8) is 0 Å². The van der Waals surface area contributed by atoms with Crippen molar-refractivity contribution < 1.29 is 28.8 Å². The van der Waals surface area contributed by atoms with Gasteiger partial charge in [0.2, 0.25) is 35.4 Å². The second kappa shape index (κ2) is 20.6. The Kier molecular flexibility index (Phi) is 18.1. The van der Waals surface area contributed by atoms with Crippen LogP contribution in [0.25, 0.3) is 6.08 Å². The van der Waals surface area contributed by atoms with Gasteiger partial charge in [-0.05, 0) is 42.2 Å². The first-order valence-corrected chi connectivity index (χ1v) is 18.1. The highest BCUT2D eigenvalue weighted by molar-refractivity contribution is 5.98. The highest BCUT2D eigenvalue weighted by atomic mass is 16.2. The Hall–Kier alpha value is -4.22. The van der Waals surface area contributed by atoms with Crippen molar-refractivity contribution >= 4 is 41.5 Å². The summed E-state index contributed by atoms with van der Waals surface area (Å²) in [6.45, 7) is 16.5. The SMILES string of the molecule is CC[C@H](C)[C@@H](C(=O)NC)N(C)C(=O)[C@@H](NC(=O)[C@H](C(C)C)N(C)C(=O)[C@H]([C@@H](C)CC)N(C)C(=O)[C@H](C)N(C)C(=O)C=Cc1ccccc1)C(C)C. The number of benzene rings is 1. The van der Waals surface area contributed by atoms with E-state index < -0.39 is 53.8 Å². The number of hydrogen-bond donors (Lipinski definition) is 2. The summed E-state index contributed by atoms with van der Waals surface area (Å²) in [6.07, 6.45) is 4.33. The molecule has 0 bridgehead atoms. The van der Waals surface area contributed by atoms with Gasteiger partial charge < -0.3 is 30.2 Å². The molecular formula is C39H64N6O6. The van der Waals surface area contributed by atoms with Gasteiger partial charge in [0.15, 0.2) is 0 Å². The van der Waals surface area contributed by atoms with Gasteiger partial charge in [0, 0.05) is 41.3 Å². The van der Waals surface area contributed by atoms with Crippen molar-refractivity contribution in [1.82, 2.24) is 30.2 Å². The predicted molar refractivity (Wildman–Crippen MR) is 202 cm³/mol. The van der Waals surface area contributed by atoms with Crippen molar-refractivity contribution in [2.75, 3.05) is 35.2 Å². The quantitative estimate of drug-likeness (QED) is 0.223. The first kappa shape index (κ1) is 44.8. The molecule has 0 heterocycles. The number of carbonyl (C=O) groups is 6. The Labute approximate surface area is 306 Å². The number of amides is 6. The second-order valence-corrected chi connectivity index (χ2v) is 14.4. The van der Waals surface area contributed by atoms with Crippen LogP contribution in [0, 0.1) is 23.7 Å². The topological polar surface area (TPSA) is 139 Å². The maximum Gasteiger partial charge on any atom is 0.246 e. The zero-order chi connectivity index (χ0) is 39.3. The van der Waals surface area contributed by atoms with Gasteiger partial charge in [0.25, 0.3) is 0 Å². The van der Waals surface area contributed by atoms with E-state index in [2.05, 4.69) is 10.6 Å². The summed E-state index contributed by atoms with van der Waals surface area (Å²) < 4.78 is 0. The molecular weight excluding hydrogens is 648 g/mol. The fourth-order valence-corrected chi connectivity index (χ4v) is 6.22. The van der Waals surface area contributed by atoms with Crippen LogP contribution in [0.1, 0.15) is 80.7 Å². The number of nitrogens with zero attached hydrogens (tertiary/aromatic N) is 4. The van der Waals surface area contributed by atoms with Crippen LogP contribution < -0.4 is 10.6 Å². The van der Waals surface area contributed by atoms with Crippen LogP contribution >= 0.6 is 0 Å². The molecule has 7 atom stereocenters. The lowest BCUT2D eigenvalue weighted by atomic mass is 9.93. The largest absolute Gasteiger partial charge is 0.357 e. The van der Waals surface area contributed by atoms with Crippen LogP contribution in [0.15, 0.2) is 36.4 Å². The average Bonchev–Trinajstić information content (AvgIpc) is 3.11. The molecule has 12 heteroatoms. The van der Waals surface area contributed by atoms with Crippen LogP contribution in [-0.2, 0) is 28.8 Å². The van der Waals surface area contributed by atoms with Gasteiger partial charge in [-0.1, -0.05) is 98.6 Å². The van der Waals surface area contributed by atoms with Gasteiger partial charge >= 0.3 is 0 Å². The van der Waals surface area contributed by atoms with Crippen LogP contribution in [0.4, 0.5) is 0 Å². The lowest BCUT2D eigenvalue weighted by Crippen LogP contribution is -2.62. The zero-order valence-corrected chi connectivity index (χ0v) is 33.4. The van der Waals surface area contributed by atoms with E-state index in [0.717, 1.165) is 5.56 Å². The number of carbonyl (C=O) groups excluding carboxylic acids is 6. The normalized spacial score (nSPS) is 15.6. The van der Waals surface area contributed by atoms with E-state index in [9.17, 15) is 28.8 Å². The van der Waals surface area contributed by atoms with Crippen molar-refractivity contribution in [2.24, 2.45) is 23.7 Å². The molecule has 286 valence electrons. The van der Waals surface area contributed by atoms with Crippen molar-refractivity contribution in [2.45, 2.75) is 105 Å². The van der Waals surface area contributed by atoms with Gasteiger partial charge in [-0.2, -0.15) is 0 Å². The summed E-state index contributed by atoms with van der Waals surface area (Å²) in [5.41, 5.74) is 0.847. The zero-order valence-electron chi connectivity index (χ0n) is 33.4. The minimum atomic E-state index is -0.971. The molecule has 6 amide bonds. The number of nitrogens with one attached hydrogen (secondary N) is 2. The number of hydrogen-bond acceptors (Lipinski definition) is 6. The minimum Gasteiger partial charge on any atom is -0.357 e. The van der Waals surface area contributed by atoms with Gasteiger partial charge in [-0.15, -0.1) is 0 Å². The average molecular weight is 713 g/mol. The molecule has 12 nitrogen and oxygen atoms in total. The Morgan fingerprint density at radius 2 is 1.12 bits per heavy atom. The number of likely N-dealkylation sites (N-methyl/N-ethyl adjacent to an activating group) is 5. The van der Waals surface area contributed by atoms with E-state index in [1.165, 1.54) is 39.8 Å². The molecule has 51 heavy (non-hydrogen) atoms. The molecule has 0 saturated heterocycles. The standard InChI is InChI=1S/C39H64N6O6/c1-15-26(7)33(35(47)40-10)44(13)38(50)31(24(3)4)41-36(48)32(25(5)6)43(12)39(51)34(27(8)16-2)45(14)37(49)28(9)42(11)30(46)23-22-29-20-18-17-19-21-29/h17-28,31-34H,15-16H2,1-14H3,(H,40,47)(H,41,48)/t26-,27-,28-,31-,32-,33-,34-/m0/s1. The fraction of sp³-hybridized carbons (Fsp3) is 0.641. The third-order valence-electron chi connectivity index (χ3n) is 10.1. The molecule has 0 aromatic heterocycles. The van der Waals surface area contributed by atoms with Crippen molar-refractivity contribution in [3.8, 4) is 0 Å². The molecule has 0 spiro atoms. The number of rotatable bonds is 18. The van der Waals surface area contributed by atoms with Crippen LogP contribution in [0.3, 0.4) is 0 Å². The Morgan fingerprint density at radius 1 is 0.627 bits per heavy atom. The molecule has 0 radical (unpaired) electrons. The molecule has 1 aromatic carbocycles. The van der Waals surface area contributed by atoms with Gasteiger partial charge in [-0.25, -0.2) is 0 Å². The smallest absolute Gasteiger partial charge is 0.246 e. The molecule has 0 aliphatic carbocycles. The summed E-state index contributed by atoms with van der Waals surface area (Å²) in [7, 11) is 7.73. The third-order valence-corrected chi connectivity index (χ3v) is 10.1. The summed E-state index contributed by atoms with van der Waals surface area (Å²) in [4.78, 5) is 87.3. The monoisotopic (exact) mass is 712 g/mol. The van der Waals surface area contributed by atoms with E-state index in [1.807, 2.05) is 85.7 Å². The summed E-state index contributed by atoms with van der Waals surface area (Å²) in [5, 5.41) is 5.54. The van der Waals surface area contributed by atoms with Gasteiger partial charge in [0.05, 0.1) is 0 Å². The first-order chi connectivity index (χ1) is 23.8. The Balaban J connectivity index is 3.33. The molecule has 0 saturated carbocycles. The highest BCUT2D eigenvalue weighted by Gasteiger charge is 2.42. The van der Waals surface area contributed by atoms with Gasteiger partial charge in [-0.3, -0.25) is 28.8 Å². The predicted octanol–water partition coefficient (Wildman–Crippen LogP) is 3.66. The maximum absolute atomic E-state index is 14.3. The highest BCUT2D eigenvalue weighted by Crippen LogP contribution is 2.22. The van der Waals surface area contributed by atoms with Gasteiger partial charge in [0.1, 0.15) is 30.2 Å². The van der Waals surface area contributed by atoms with E-state index in [0.29, 0.717) is 12.8 Å². The lowest BCUT2D eigenvalue weighted by molar-refractivity contribution is -0.153. The molecule has 1 aromatic rings. The first-order valence-electron chi connectivity index (χ1n) is 18.1. The Bertz CT molecular complexity index is 1360.